The number of carbonyl (C=O) groups is 1. The molecule has 0 spiro atoms. The Bertz CT molecular complexity index is 919. The summed E-state index contributed by atoms with van der Waals surface area (Å²) in [6, 6.07) is 5.25. The number of nitrogens with zero attached hydrogens (tertiary/aromatic N) is 3. The molecule has 0 saturated heterocycles. The summed E-state index contributed by atoms with van der Waals surface area (Å²) in [6.45, 7) is 2.95. The van der Waals surface area contributed by atoms with E-state index in [0.29, 0.717) is 5.65 Å². The van der Waals surface area contributed by atoms with Gasteiger partial charge in [-0.15, -0.1) is 0 Å². The number of hydrogen-bond acceptors (Lipinski definition) is 6. The van der Waals surface area contributed by atoms with Crippen LogP contribution >= 0.6 is 0 Å². The van der Waals surface area contributed by atoms with Crippen LogP contribution in [0.2, 0.25) is 0 Å². The summed E-state index contributed by atoms with van der Waals surface area (Å²) in [7, 11) is -4.07. The number of hydrogen-bond donors (Lipinski definition) is 1. The lowest BCUT2D eigenvalue weighted by molar-refractivity contribution is 0.0977. The lowest BCUT2D eigenvalue weighted by Crippen LogP contribution is -2.31. The van der Waals surface area contributed by atoms with Crippen LogP contribution in [0, 0.1) is 13.8 Å². The topological polar surface area (TPSA) is 107 Å². The predicted molar refractivity (Wildman–Crippen MR) is 75.8 cm³/mol. The molecule has 114 valence electrons. The summed E-state index contributed by atoms with van der Waals surface area (Å²) < 4.78 is 32.9. The zero-order valence-electron chi connectivity index (χ0n) is 11.8. The van der Waals surface area contributed by atoms with Gasteiger partial charge in [0.2, 0.25) is 0 Å². The number of imidazole rings is 1. The third-order valence-electron chi connectivity index (χ3n) is 3.06. The SMILES string of the molecule is Cc1noc(C)c1S(=O)(=O)NC(=O)c1cn2ccccc2n1. The molecule has 0 aliphatic carbocycles. The van der Waals surface area contributed by atoms with Gasteiger partial charge in [-0.3, -0.25) is 4.79 Å². The molecule has 3 aromatic rings. The first-order valence-electron chi connectivity index (χ1n) is 6.32. The third-order valence-corrected chi connectivity index (χ3v) is 4.63. The number of aromatic nitrogens is 3. The van der Waals surface area contributed by atoms with Crippen molar-refractivity contribution in [3.63, 3.8) is 0 Å². The van der Waals surface area contributed by atoms with Gasteiger partial charge in [0.05, 0.1) is 0 Å². The van der Waals surface area contributed by atoms with Crippen molar-refractivity contribution < 1.29 is 17.7 Å². The van der Waals surface area contributed by atoms with Crippen molar-refractivity contribution in [1.29, 1.82) is 0 Å². The molecule has 1 amide bonds. The Balaban J connectivity index is 1.93. The van der Waals surface area contributed by atoms with Crippen LogP contribution in [0.3, 0.4) is 0 Å². The first-order valence-corrected chi connectivity index (χ1v) is 7.80. The van der Waals surface area contributed by atoms with E-state index in [1.807, 2.05) is 4.72 Å². The molecule has 0 fully saturated rings. The van der Waals surface area contributed by atoms with Gasteiger partial charge in [0.15, 0.2) is 10.7 Å². The van der Waals surface area contributed by atoms with Gasteiger partial charge in [-0.25, -0.2) is 18.1 Å². The Kier molecular flexibility index (Phi) is 3.21. The van der Waals surface area contributed by atoms with Gasteiger partial charge in [-0.05, 0) is 26.0 Å². The van der Waals surface area contributed by atoms with Crippen LogP contribution < -0.4 is 4.72 Å². The average molecular weight is 320 g/mol. The Morgan fingerprint density at radius 1 is 1.32 bits per heavy atom. The molecular weight excluding hydrogens is 308 g/mol. The molecule has 0 aliphatic heterocycles. The van der Waals surface area contributed by atoms with Gasteiger partial charge in [0.25, 0.3) is 15.9 Å². The molecular formula is C13H12N4O4S. The number of pyridine rings is 1. The van der Waals surface area contributed by atoms with Gasteiger partial charge in [-0.2, -0.15) is 0 Å². The summed E-state index contributed by atoms with van der Waals surface area (Å²) in [5.74, 6) is -0.698. The summed E-state index contributed by atoms with van der Waals surface area (Å²) >= 11 is 0. The molecule has 22 heavy (non-hydrogen) atoms. The number of fused-ring (bicyclic) bond motifs is 1. The van der Waals surface area contributed by atoms with Crippen molar-refractivity contribution in [2.45, 2.75) is 18.7 Å². The van der Waals surface area contributed by atoms with Gasteiger partial charge in [-0.1, -0.05) is 11.2 Å². The molecule has 0 unspecified atom stereocenters. The monoisotopic (exact) mass is 320 g/mol. The van der Waals surface area contributed by atoms with E-state index < -0.39 is 15.9 Å². The fourth-order valence-electron chi connectivity index (χ4n) is 2.13. The maximum absolute atomic E-state index is 12.3. The van der Waals surface area contributed by atoms with Gasteiger partial charge in [0.1, 0.15) is 17.0 Å². The fourth-order valence-corrected chi connectivity index (χ4v) is 3.42. The second kappa shape index (κ2) is 4.95. The summed E-state index contributed by atoms with van der Waals surface area (Å²) in [4.78, 5) is 16.1. The van der Waals surface area contributed by atoms with E-state index in [2.05, 4.69) is 10.1 Å². The molecule has 9 heteroatoms. The van der Waals surface area contributed by atoms with E-state index >= 15 is 0 Å². The first kappa shape index (κ1) is 14.3. The maximum atomic E-state index is 12.3. The van der Waals surface area contributed by atoms with Crippen LogP contribution in [-0.2, 0) is 10.0 Å². The zero-order chi connectivity index (χ0) is 15.9. The minimum atomic E-state index is -4.07. The predicted octanol–water partition coefficient (Wildman–Crippen LogP) is 1.06. The highest BCUT2D eigenvalue weighted by Gasteiger charge is 2.27. The molecule has 0 atom stereocenters. The van der Waals surface area contributed by atoms with Gasteiger partial charge < -0.3 is 8.92 Å². The third kappa shape index (κ3) is 2.35. The Hall–Kier alpha value is -2.68. The Morgan fingerprint density at radius 2 is 2.09 bits per heavy atom. The van der Waals surface area contributed by atoms with E-state index in [1.54, 1.807) is 28.8 Å². The highest BCUT2D eigenvalue weighted by molar-refractivity contribution is 7.90. The zero-order valence-corrected chi connectivity index (χ0v) is 12.6. The van der Waals surface area contributed by atoms with E-state index in [0.717, 1.165) is 0 Å². The van der Waals surface area contributed by atoms with E-state index in [4.69, 9.17) is 4.52 Å². The van der Waals surface area contributed by atoms with Gasteiger partial charge in [0, 0.05) is 12.4 Å². The normalized spacial score (nSPS) is 11.7. The van der Waals surface area contributed by atoms with Crippen molar-refractivity contribution >= 4 is 21.6 Å². The van der Waals surface area contributed by atoms with Crippen LogP contribution in [0.4, 0.5) is 0 Å². The van der Waals surface area contributed by atoms with Gasteiger partial charge >= 0.3 is 0 Å². The number of carbonyl (C=O) groups excluding carboxylic acids is 1. The lowest BCUT2D eigenvalue weighted by Gasteiger charge is -2.04. The van der Waals surface area contributed by atoms with Crippen molar-refractivity contribution in [3.8, 4) is 0 Å². The minimum Gasteiger partial charge on any atom is -0.360 e. The number of sulfonamides is 1. The fraction of sp³-hybridized carbons (Fsp3) is 0.154. The molecule has 0 aliphatic rings. The number of rotatable bonds is 3. The first-order chi connectivity index (χ1) is 10.4. The largest absolute Gasteiger partial charge is 0.360 e. The van der Waals surface area contributed by atoms with Crippen LogP contribution in [0.15, 0.2) is 40.0 Å². The molecule has 3 rings (SSSR count). The second-order valence-corrected chi connectivity index (χ2v) is 6.30. The van der Waals surface area contributed by atoms with Crippen LogP contribution in [-0.4, -0.2) is 28.9 Å². The molecule has 0 aromatic carbocycles. The molecule has 0 radical (unpaired) electrons. The standard InChI is InChI=1S/C13H12N4O4S/c1-8-12(9(2)21-15-8)22(19,20)16-13(18)10-7-17-6-4-3-5-11(17)14-10/h3-7H,1-2H3,(H,16,18). The number of amides is 1. The van der Waals surface area contributed by atoms with E-state index in [9.17, 15) is 13.2 Å². The number of aryl methyl sites for hydroxylation is 2. The smallest absolute Gasteiger partial charge is 0.285 e. The Labute approximate surface area is 125 Å². The Morgan fingerprint density at radius 3 is 2.73 bits per heavy atom. The highest BCUT2D eigenvalue weighted by Crippen LogP contribution is 2.18. The van der Waals surface area contributed by atoms with E-state index in [1.165, 1.54) is 20.0 Å². The van der Waals surface area contributed by atoms with Crippen molar-refractivity contribution in [3.05, 3.63) is 47.7 Å². The second-order valence-electron chi connectivity index (χ2n) is 4.68. The molecule has 8 nitrogen and oxygen atoms in total. The average Bonchev–Trinajstić information content (AvgIpc) is 3.02. The molecule has 0 bridgehead atoms. The molecule has 1 N–H and O–H groups in total. The highest BCUT2D eigenvalue weighted by atomic mass is 32.2. The summed E-state index contributed by atoms with van der Waals surface area (Å²) in [6.07, 6.45) is 3.16. The summed E-state index contributed by atoms with van der Waals surface area (Å²) in [5.41, 5.74) is 0.733. The quantitative estimate of drug-likeness (QED) is 0.773. The molecule has 0 saturated carbocycles. The molecule has 3 heterocycles. The minimum absolute atomic E-state index is 0.00142. The van der Waals surface area contributed by atoms with E-state index in [-0.39, 0.29) is 22.0 Å². The lowest BCUT2D eigenvalue weighted by atomic mass is 10.4. The van der Waals surface area contributed by atoms with Crippen molar-refractivity contribution in [1.82, 2.24) is 19.3 Å². The van der Waals surface area contributed by atoms with Crippen LogP contribution in [0.25, 0.3) is 5.65 Å². The molecule has 3 aromatic heterocycles. The summed E-state index contributed by atoms with van der Waals surface area (Å²) in [5, 5.41) is 3.57. The number of nitrogens with one attached hydrogen (secondary N) is 1. The van der Waals surface area contributed by atoms with Crippen molar-refractivity contribution in [2.24, 2.45) is 0 Å². The maximum Gasteiger partial charge on any atom is 0.285 e. The van der Waals surface area contributed by atoms with Crippen LogP contribution in [0.5, 0.6) is 0 Å². The van der Waals surface area contributed by atoms with Crippen LogP contribution in [0.1, 0.15) is 21.9 Å². The van der Waals surface area contributed by atoms with Crippen molar-refractivity contribution in [2.75, 3.05) is 0 Å².